The SMILES string of the molecule is Cc1nc(NC(=O)OC(C)(C)C)ccc1CNC(=O)Cn1c(C)c(Cl)nc(Cl)c1=O. The van der Waals surface area contributed by atoms with Gasteiger partial charge in [0.05, 0.1) is 5.69 Å². The Labute approximate surface area is 183 Å². The second kappa shape index (κ2) is 9.44. The predicted octanol–water partition coefficient (Wildman–Crippen LogP) is 3.23. The van der Waals surface area contributed by atoms with Crippen molar-refractivity contribution in [1.82, 2.24) is 19.9 Å². The van der Waals surface area contributed by atoms with E-state index in [4.69, 9.17) is 27.9 Å². The summed E-state index contributed by atoms with van der Waals surface area (Å²) in [6.45, 7) is 8.55. The van der Waals surface area contributed by atoms with Gasteiger partial charge in [-0.25, -0.2) is 14.8 Å². The Morgan fingerprint density at radius 2 is 1.80 bits per heavy atom. The van der Waals surface area contributed by atoms with E-state index >= 15 is 0 Å². The van der Waals surface area contributed by atoms with E-state index in [1.165, 1.54) is 0 Å². The standard InChI is InChI=1S/C19H23Cl2N5O4/c1-10-12(6-7-13(23-10)24-18(29)30-19(3,4)5)8-22-14(27)9-26-11(2)15(20)25-16(21)17(26)28/h6-7H,8-9H2,1-5H3,(H,22,27)(H,23,24,29). The molecule has 2 heterocycles. The van der Waals surface area contributed by atoms with Crippen molar-refractivity contribution in [3.63, 3.8) is 0 Å². The quantitative estimate of drug-likeness (QED) is 0.714. The molecule has 0 aliphatic carbocycles. The summed E-state index contributed by atoms with van der Waals surface area (Å²) in [5.74, 6) is -0.0750. The zero-order valence-electron chi connectivity index (χ0n) is 17.3. The average molecular weight is 456 g/mol. The number of halogens is 2. The maximum Gasteiger partial charge on any atom is 0.413 e. The van der Waals surface area contributed by atoms with Gasteiger partial charge in [-0.1, -0.05) is 29.3 Å². The number of carbonyl (C=O) groups excluding carboxylic acids is 2. The molecule has 2 aromatic rings. The molecular formula is C19H23Cl2N5O4. The number of hydrogen-bond donors (Lipinski definition) is 2. The Balaban J connectivity index is 2.01. The third-order valence-electron chi connectivity index (χ3n) is 3.92. The number of carbonyl (C=O) groups is 2. The highest BCUT2D eigenvalue weighted by Gasteiger charge is 2.17. The van der Waals surface area contributed by atoms with Crippen LogP contribution in [-0.2, 0) is 22.6 Å². The number of rotatable bonds is 5. The van der Waals surface area contributed by atoms with Crippen molar-refractivity contribution >= 4 is 41.0 Å². The summed E-state index contributed by atoms with van der Waals surface area (Å²) in [5, 5.41) is 5.03. The smallest absolute Gasteiger partial charge is 0.413 e. The molecule has 2 amide bonds. The maximum absolute atomic E-state index is 12.3. The van der Waals surface area contributed by atoms with Crippen molar-refractivity contribution in [2.45, 2.75) is 53.3 Å². The molecule has 0 atom stereocenters. The van der Waals surface area contributed by atoms with Crippen molar-refractivity contribution in [3.8, 4) is 0 Å². The van der Waals surface area contributed by atoms with Crippen LogP contribution in [-0.4, -0.2) is 32.1 Å². The normalized spacial score (nSPS) is 11.2. The Bertz CT molecular complexity index is 1030. The van der Waals surface area contributed by atoms with E-state index in [1.807, 2.05) is 0 Å². The molecule has 9 nitrogen and oxygen atoms in total. The zero-order chi connectivity index (χ0) is 22.6. The summed E-state index contributed by atoms with van der Waals surface area (Å²) in [4.78, 5) is 44.2. The van der Waals surface area contributed by atoms with E-state index in [1.54, 1.807) is 46.8 Å². The van der Waals surface area contributed by atoms with Gasteiger partial charge >= 0.3 is 6.09 Å². The van der Waals surface area contributed by atoms with Gasteiger partial charge in [-0.2, -0.15) is 0 Å². The molecule has 162 valence electrons. The molecule has 2 rings (SSSR count). The van der Waals surface area contributed by atoms with Gasteiger partial charge in [-0.05, 0) is 46.2 Å². The van der Waals surface area contributed by atoms with E-state index in [2.05, 4.69) is 20.6 Å². The Morgan fingerprint density at radius 1 is 1.13 bits per heavy atom. The molecule has 0 aromatic carbocycles. The van der Waals surface area contributed by atoms with Crippen LogP contribution < -0.4 is 16.2 Å². The number of ether oxygens (including phenoxy) is 1. The molecule has 0 radical (unpaired) electrons. The monoisotopic (exact) mass is 455 g/mol. The van der Waals surface area contributed by atoms with E-state index < -0.39 is 23.2 Å². The first-order valence-corrected chi connectivity index (χ1v) is 9.78. The minimum Gasteiger partial charge on any atom is -0.444 e. The van der Waals surface area contributed by atoms with Gasteiger partial charge in [0.2, 0.25) is 5.91 Å². The van der Waals surface area contributed by atoms with Gasteiger partial charge in [-0.15, -0.1) is 0 Å². The summed E-state index contributed by atoms with van der Waals surface area (Å²) in [6.07, 6.45) is -0.606. The van der Waals surface area contributed by atoms with Gasteiger partial charge in [0.1, 0.15) is 23.1 Å². The Hall–Kier alpha value is -2.65. The average Bonchev–Trinajstić information content (AvgIpc) is 2.61. The molecule has 0 saturated heterocycles. The number of pyridine rings is 1. The second-order valence-corrected chi connectivity index (χ2v) is 8.23. The molecule has 0 bridgehead atoms. The summed E-state index contributed by atoms with van der Waals surface area (Å²) in [7, 11) is 0. The van der Waals surface area contributed by atoms with Crippen LogP contribution in [0.1, 0.15) is 37.7 Å². The van der Waals surface area contributed by atoms with Gasteiger partial charge < -0.3 is 10.1 Å². The molecule has 0 fully saturated rings. The van der Waals surface area contributed by atoms with Crippen LogP contribution in [0.15, 0.2) is 16.9 Å². The first kappa shape index (κ1) is 23.6. The van der Waals surface area contributed by atoms with Crippen molar-refractivity contribution in [2.75, 3.05) is 5.32 Å². The number of nitrogens with zero attached hydrogens (tertiary/aromatic N) is 3. The molecule has 0 aliphatic heterocycles. The number of aromatic nitrogens is 3. The Morgan fingerprint density at radius 3 is 2.40 bits per heavy atom. The lowest BCUT2D eigenvalue weighted by Gasteiger charge is -2.19. The highest BCUT2D eigenvalue weighted by molar-refractivity contribution is 6.32. The molecular weight excluding hydrogens is 433 g/mol. The van der Waals surface area contributed by atoms with Gasteiger partial charge in [0.25, 0.3) is 5.56 Å². The third-order valence-corrected chi connectivity index (χ3v) is 4.53. The maximum atomic E-state index is 12.3. The van der Waals surface area contributed by atoms with Gasteiger partial charge in [0.15, 0.2) is 5.15 Å². The molecule has 2 N–H and O–H groups in total. The summed E-state index contributed by atoms with van der Waals surface area (Å²) < 4.78 is 6.34. The van der Waals surface area contributed by atoms with Crippen LogP contribution in [0.5, 0.6) is 0 Å². The predicted molar refractivity (Wildman–Crippen MR) is 114 cm³/mol. The van der Waals surface area contributed by atoms with Crippen molar-refractivity contribution < 1.29 is 14.3 Å². The molecule has 0 unspecified atom stereocenters. The number of hydrogen-bond acceptors (Lipinski definition) is 6. The van der Waals surface area contributed by atoms with E-state index in [9.17, 15) is 14.4 Å². The zero-order valence-corrected chi connectivity index (χ0v) is 18.8. The van der Waals surface area contributed by atoms with Gasteiger partial charge in [-0.3, -0.25) is 19.5 Å². The lowest BCUT2D eigenvalue weighted by atomic mass is 10.2. The minimum atomic E-state index is -0.618. The van der Waals surface area contributed by atoms with Crippen LogP contribution in [0.2, 0.25) is 10.3 Å². The van der Waals surface area contributed by atoms with Crippen LogP contribution in [0.4, 0.5) is 10.6 Å². The largest absolute Gasteiger partial charge is 0.444 e. The Kier molecular flexibility index (Phi) is 7.44. The fraction of sp³-hybridized carbons (Fsp3) is 0.421. The molecule has 2 aromatic heterocycles. The summed E-state index contributed by atoms with van der Waals surface area (Å²) >= 11 is 11.7. The highest BCUT2D eigenvalue weighted by atomic mass is 35.5. The number of anilines is 1. The number of aryl methyl sites for hydroxylation is 1. The summed E-state index contributed by atoms with van der Waals surface area (Å²) in [6, 6.07) is 3.34. The molecule has 30 heavy (non-hydrogen) atoms. The van der Waals surface area contributed by atoms with Crippen LogP contribution in [0.3, 0.4) is 0 Å². The van der Waals surface area contributed by atoms with E-state index in [-0.39, 0.29) is 23.4 Å². The van der Waals surface area contributed by atoms with Gasteiger partial charge in [0, 0.05) is 12.2 Å². The molecule has 0 saturated carbocycles. The lowest BCUT2D eigenvalue weighted by molar-refractivity contribution is -0.121. The topological polar surface area (TPSA) is 115 Å². The second-order valence-electron chi connectivity index (χ2n) is 7.51. The highest BCUT2D eigenvalue weighted by Crippen LogP contribution is 2.14. The first-order valence-electron chi connectivity index (χ1n) is 9.03. The van der Waals surface area contributed by atoms with Crippen LogP contribution in [0, 0.1) is 13.8 Å². The van der Waals surface area contributed by atoms with E-state index in [0.717, 1.165) is 10.1 Å². The lowest BCUT2D eigenvalue weighted by Crippen LogP contribution is -2.34. The van der Waals surface area contributed by atoms with Crippen LogP contribution in [0.25, 0.3) is 0 Å². The number of nitrogens with one attached hydrogen (secondary N) is 2. The number of amides is 2. The fourth-order valence-electron chi connectivity index (χ4n) is 2.43. The first-order chi connectivity index (χ1) is 13.9. The third kappa shape index (κ3) is 6.43. The van der Waals surface area contributed by atoms with E-state index in [0.29, 0.717) is 17.2 Å². The van der Waals surface area contributed by atoms with Crippen molar-refractivity contribution in [3.05, 3.63) is 49.7 Å². The van der Waals surface area contributed by atoms with Crippen LogP contribution >= 0.6 is 23.2 Å². The summed E-state index contributed by atoms with van der Waals surface area (Å²) in [5.41, 5.74) is 0.494. The fourth-order valence-corrected chi connectivity index (χ4v) is 2.84. The molecule has 0 aliphatic rings. The van der Waals surface area contributed by atoms with Crippen molar-refractivity contribution in [1.29, 1.82) is 0 Å². The molecule has 11 heteroatoms. The van der Waals surface area contributed by atoms with Crippen molar-refractivity contribution in [2.24, 2.45) is 0 Å². The minimum absolute atomic E-state index is 0.0560. The molecule has 0 spiro atoms.